The topological polar surface area (TPSA) is 29.1 Å². The molecule has 4 heteroatoms. The molecule has 0 heterocycles. The molecule has 15 heavy (non-hydrogen) atoms. The highest BCUT2D eigenvalue weighted by Crippen LogP contribution is 2.19. The molecule has 1 N–H and O–H groups in total. The first-order valence-corrected chi connectivity index (χ1v) is 5.18. The number of halogens is 2. The predicted octanol–water partition coefficient (Wildman–Crippen LogP) is 2.89. The van der Waals surface area contributed by atoms with Crippen molar-refractivity contribution in [1.82, 2.24) is 5.32 Å². The van der Waals surface area contributed by atoms with E-state index in [1.54, 1.807) is 13.0 Å². The zero-order valence-corrected chi connectivity index (χ0v) is 9.90. The molecule has 0 aromatic heterocycles. The number of hydrogen-bond acceptors (Lipinski definition) is 1. The normalized spacial score (nSPS) is 9.80. The summed E-state index contributed by atoms with van der Waals surface area (Å²) in [4.78, 5) is 11.6. The molecule has 1 amide bonds. The quantitative estimate of drug-likeness (QED) is 0.842. The van der Waals surface area contributed by atoms with Crippen LogP contribution in [0.5, 0.6) is 0 Å². The molecule has 0 radical (unpaired) electrons. The molecule has 0 aliphatic rings. The Labute approximate surface area is 96.3 Å². The molecular formula is C11H11BrFNO. The Morgan fingerprint density at radius 1 is 1.60 bits per heavy atom. The zero-order chi connectivity index (χ0) is 11.4. The van der Waals surface area contributed by atoms with Gasteiger partial charge in [0.05, 0.1) is 5.56 Å². The lowest BCUT2D eigenvalue weighted by Gasteiger charge is -2.07. The molecular weight excluding hydrogens is 261 g/mol. The lowest BCUT2D eigenvalue weighted by molar-refractivity contribution is 0.0952. The van der Waals surface area contributed by atoms with Crippen molar-refractivity contribution >= 4 is 21.8 Å². The van der Waals surface area contributed by atoms with Gasteiger partial charge in [-0.05, 0) is 35.0 Å². The minimum Gasteiger partial charge on any atom is -0.348 e. The minimum atomic E-state index is -0.538. The highest BCUT2D eigenvalue weighted by atomic mass is 79.9. The number of rotatable bonds is 3. The molecule has 0 saturated heterocycles. The Morgan fingerprint density at radius 3 is 2.80 bits per heavy atom. The van der Waals surface area contributed by atoms with Crippen LogP contribution in [0.15, 0.2) is 34.8 Å². The zero-order valence-electron chi connectivity index (χ0n) is 8.31. The van der Waals surface area contributed by atoms with Gasteiger partial charge in [-0.2, -0.15) is 0 Å². The van der Waals surface area contributed by atoms with E-state index in [0.717, 1.165) is 5.57 Å². The van der Waals surface area contributed by atoms with Gasteiger partial charge in [-0.25, -0.2) is 4.39 Å². The van der Waals surface area contributed by atoms with Gasteiger partial charge < -0.3 is 5.32 Å². The molecule has 0 aliphatic heterocycles. The lowest BCUT2D eigenvalue weighted by Crippen LogP contribution is -2.26. The molecule has 0 atom stereocenters. The predicted molar refractivity (Wildman–Crippen MR) is 61.2 cm³/mol. The van der Waals surface area contributed by atoms with Gasteiger partial charge in [0.15, 0.2) is 0 Å². The van der Waals surface area contributed by atoms with Crippen LogP contribution in [0.3, 0.4) is 0 Å². The molecule has 0 spiro atoms. The van der Waals surface area contributed by atoms with Crippen LogP contribution in [-0.4, -0.2) is 12.5 Å². The van der Waals surface area contributed by atoms with Gasteiger partial charge in [-0.1, -0.05) is 18.2 Å². The SMILES string of the molecule is C=C(C)CNC(=O)c1c(F)cccc1Br. The maximum absolute atomic E-state index is 13.3. The Kier molecular flexibility index (Phi) is 4.03. The smallest absolute Gasteiger partial charge is 0.255 e. The van der Waals surface area contributed by atoms with E-state index in [0.29, 0.717) is 11.0 Å². The van der Waals surface area contributed by atoms with Crippen LogP contribution in [0.1, 0.15) is 17.3 Å². The van der Waals surface area contributed by atoms with Gasteiger partial charge >= 0.3 is 0 Å². The molecule has 1 aromatic carbocycles. The molecule has 0 bridgehead atoms. The molecule has 2 nitrogen and oxygen atoms in total. The molecule has 1 rings (SSSR count). The van der Waals surface area contributed by atoms with Gasteiger partial charge in [0.1, 0.15) is 5.82 Å². The van der Waals surface area contributed by atoms with Crippen molar-refractivity contribution in [3.63, 3.8) is 0 Å². The van der Waals surface area contributed by atoms with Gasteiger partial charge in [-0.15, -0.1) is 0 Å². The summed E-state index contributed by atoms with van der Waals surface area (Å²) in [5, 5.41) is 2.57. The number of carbonyl (C=O) groups excluding carboxylic acids is 1. The minimum absolute atomic E-state index is 0.0266. The second-order valence-electron chi connectivity index (χ2n) is 3.24. The lowest BCUT2D eigenvalue weighted by atomic mass is 10.2. The summed E-state index contributed by atoms with van der Waals surface area (Å²) in [6.07, 6.45) is 0. The van der Waals surface area contributed by atoms with Crippen molar-refractivity contribution in [2.45, 2.75) is 6.92 Å². The molecule has 0 unspecified atom stereocenters. The second-order valence-corrected chi connectivity index (χ2v) is 4.09. The van der Waals surface area contributed by atoms with Gasteiger partial charge in [0.2, 0.25) is 0 Å². The van der Waals surface area contributed by atoms with Crippen molar-refractivity contribution in [2.24, 2.45) is 0 Å². The standard InChI is InChI=1S/C11H11BrFNO/c1-7(2)6-14-11(15)10-8(12)4-3-5-9(10)13/h3-5H,1,6H2,2H3,(H,14,15). The summed E-state index contributed by atoms with van der Waals surface area (Å²) in [6, 6.07) is 4.41. The average molecular weight is 272 g/mol. The second kappa shape index (κ2) is 5.07. The van der Waals surface area contributed by atoms with Crippen molar-refractivity contribution in [3.8, 4) is 0 Å². The van der Waals surface area contributed by atoms with E-state index in [9.17, 15) is 9.18 Å². The maximum Gasteiger partial charge on any atom is 0.255 e. The van der Waals surface area contributed by atoms with E-state index >= 15 is 0 Å². The maximum atomic E-state index is 13.3. The third-order valence-electron chi connectivity index (χ3n) is 1.74. The fourth-order valence-corrected chi connectivity index (χ4v) is 1.56. The van der Waals surface area contributed by atoms with Crippen LogP contribution in [0, 0.1) is 5.82 Å². The Morgan fingerprint density at radius 2 is 2.27 bits per heavy atom. The van der Waals surface area contributed by atoms with Crippen molar-refractivity contribution in [1.29, 1.82) is 0 Å². The summed E-state index contributed by atoms with van der Waals surface area (Å²) < 4.78 is 13.8. The van der Waals surface area contributed by atoms with Crippen molar-refractivity contribution < 1.29 is 9.18 Å². The first kappa shape index (κ1) is 11.9. The van der Waals surface area contributed by atoms with Gasteiger partial charge in [-0.3, -0.25) is 4.79 Å². The van der Waals surface area contributed by atoms with Crippen molar-refractivity contribution in [3.05, 3.63) is 46.2 Å². The molecule has 0 fully saturated rings. The van der Waals surface area contributed by atoms with E-state index in [1.807, 2.05) is 0 Å². The van der Waals surface area contributed by atoms with Crippen LogP contribution < -0.4 is 5.32 Å². The molecule has 1 aromatic rings. The average Bonchev–Trinajstić information content (AvgIpc) is 2.14. The highest BCUT2D eigenvalue weighted by Gasteiger charge is 2.14. The number of amides is 1. The molecule has 0 saturated carbocycles. The van der Waals surface area contributed by atoms with Crippen molar-refractivity contribution in [2.75, 3.05) is 6.54 Å². The molecule has 0 aliphatic carbocycles. The van der Waals surface area contributed by atoms with E-state index in [2.05, 4.69) is 27.8 Å². The van der Waals surface area contributed by atoms with Gasteiger partial charge in [0.25, 0.3) is 5.91 Å². The van der Waals surface area contributed by atoms with E-state index in [4.69, 9.17) is 0 Å². The fraction of sp³-hybridized carbons (Fsp3) is 0.182. The number of nitrogens with one attached hydrogen (secondary N) is 1. The van der Waals surface area contributed by atoms with E-state index in [-0.39, 0.29) is 5.56 Å². The Bertz CT molecular complexity index is 383. The summed E-state index contributed by atoms with van der Waals surface area (Å²) in [7, 11) is 0. The summed E-state index contributed by atoms with van der Waals surface area (Å²) in [5.74, 6) is -0.980. The Balaban J connectivity index is 2.86. The molecule has 80 valence electrons. The summed E-state index contributed by atoms with van der Waals surface area (Å²) >= 11 is 3.13. The number of benzene rings is 1. The van der Waals surface area contributed by atoms with Crippen LogP contribution in [0.4, 0.5) is 4.39 Å². The monoisotopic (exact) mass is 271 g/mol. The van der Waals surface area contributed by atoms with E-state index < -0.39 is 11.7 Å². The number of carbonyl (C=O) groups is 1. The largest absolute Gasteiger partial charge is 0.348 e. The highest BCUT2D eigenvalue weighted by molar-refractivity contribution is 9.10. The fourth-order valence-electron chi connectivity index (χ4n) is 1.03. The van der Waals surface area contributed by atoms with Crippen LogP contribution in [0.25, 0.3) is 0 Å². The third-order valence-corrected chi connectivity index (χ3v) is 2.40. The first-order valence-electron chi connectivity index (χ1n) is 4.39. The number of hydrogen-bond donors (Lipinski definition) is 1. The first-order chi connectivity index (χ1) is 7.02. The summed E-state index contributed by atoms with van der Waals surface area (Å²) in [5.41, 5.74) is 0.842. The van der Waals surface area contributed by atoms with Crippen LogP contribution in [0.2, 0.25) is 0 Å². The van der Waals surface area contributed by atoms with Gasteiger partial charge in [0, 0.05) is 11.0 Å². The summed E-state index contributed by atoms with van der Waals surface area (Å²) in [6.45, 7) is 5.78. The Hall–Kier alpha value is -1.16. The van der Waals surface area contributed by atoms with E-state index in [1.165, 1.54) is 12.1 Å². The van der Waals surface area contributed by atoms with Crippen LogP contribution >= 0.6 is 15.9 Å². The third kappa shape index (κ3) is 3.16. The van der Waals surface area contributed by atoms with Crippen LogP contribution in [-0.2, 0) is 0 Å².